The number of methoxy groups -OCH3 is 1. The molecule has 1 fully saturated rings. The van der Waals surface area contributed by atoms with Gasteiger partial charge < -0.3 is 24.3 Å². The number of hydrogen-bond donors (Lipinski definition) is 0. The topological polar surface area (TPSA) is 93.9 Å². The van der Waals surface area contributed by atoms with Crippen LogP contribution < -0.4 is 19.4 Å². The Morgan fingerprint density at radius 1 is 1.12 bits per heavy atom. The maximum atomic E-state index is 12.5. The Kier molecular flexibility index (Phi) is 7.69. The lowest BCUT2D eigenvalue weighted by Gasteiger charge is -2.32. The van der Waals surface area contributed by atoms with Crippen molar-refractivity contribution in [3.63, 3.8) is 0 Å². The van der Waals surface area contributed by atoms with Gasteiger partial charge in [0.2, 0.25) is 10.4 Å². The first-order valence-corrected chi connectivity index (χ1v) is 12.0. The molecule has 34 heavy (non-hydrogen) atoms. The molecule has 178 valence electrons. The van der Waals surface area contributed by atoms with Gasteiger partial charge in [-0.2, -0.15) is 0 Å². The van der Waals surface area contributed by atoms with Crippen molar-refractivity contribution < 1.29 is 23.6 Å². The molecule has 0 radical (unpaired) electrons. The van der Waals surface area contributed by atoms with Gasteiger partial charge in [0.1, 0.15) is 11.6 Å². The normalized spacial score (nSPS) is 14.5. The van der Waals surface area contributed by atoms with Gasteiger partial charge in [0, 0.05) is 30.3 Å². The van der Waals surface area contributed by atoms with Gasteiger partial charge in [-0.15, -0.1) is 5.01 Å². The van der Waals surface area contributed by atoms with Gasteiger partial charge in [-0.25, -0.2) is 0 Å². The summed E-state index contributed by atoms with van der Waals surface area (Å²) in [6, 6.07) is 17.0. The molecule has 10 heteroatoms. The van der Waals surface area contributed by atoms with E-state index in [-0.39, 0.29) is 16.9 Å². The summed E-state index contributed by atoms with van der Waals surface area (Å²) >= 11 is 1.11. The van der Waals surface area contributed by atoms with E-state index in [9.17, 15) is 9.59 Å². The van der Waals surface area contributed by atoms with Crippen molar-refractivity contribution in [3.8, 4) is 5.75 Å². The van der Waals surface area contributed by atoms with E-state index < -0.39 is 5.92 Å². The minimum absolute atomic E-state index is 0.0648. The van der Waals surface area contributed by atoms with Crippen LogP contribution >= 0.6 is 11.8 Å². The van der Waals surface area contributed by atoms with Gasteiger partial charge in [-0.3, -0.25) is 4.79 Å². The summed E-state index contributed by atoms with van der Waals surface area (Å²) < 4.78 is 10.7. The van der Waals surface area contributed by atoms with Crippen molar-refractivity contribution in [3.05, 3.63) is 71.7 Å². The molecule has 2 aromatic carbocycles. The van der Waals surface area contributed by atoms with Gasteiger partial charge in [-0.05, 0) is 12.1 Å². The number of carbonyl (C=O) groups excluding carboxylic acids is 2. The second kappa shape index (κ2) is 11.1. The predicted molar refractivity (Wildman–Crippen MR) is 130 cm³/mol. The Labute approximate surface area is 202 Å². The van der Waals surface area contributed by atoms with E-state index in [1.54, 1.807) is 37.2 Å². The number of nitrogens with zero attached hydrogens (tertiary/aromatic N) is 5. The highest BCUT2D eigenvalue weighted by Crippen LogP contribution is 2.28. The number of anilines is 1. The molecule has 1 saturated heterocycles. The molecule has 3 aromatic rings. The summed E-state index contributed by atoms with van der Waals surface area (Å²) in [6.45, 7) is 4.76. The monoisotopic (exact) mass is 481 g/mol. The number of carbonyl (C=O) groups is 2. The summed E-state index contributed by atoms with van der Waals surface area (Å²) in [4.78, 5) is 28.6. The number of aromatic nitrogens is 2. The summed E-state index contributed by atoms with van der Waals surface area (Å²) in [5, 5.41) is 10.0. The van der Waals surface area contributed by atoms with Gasteiger partial charge in [0.15, 0.2) is 0 Å². The molecule has 0 saturated carbocycles. The van der Waals surface area contributed by atoms with Crippen LogP contribution in [0.25, 0.3) is 5.32 Å². The van der Waals surface area contributed by atoms with Crippen molar-refractivity contribution in [1.82, 2.24) is 5.27 Å². The van der Waals surface area contributed by atoms with Crippen LogP contribution in [0.3, 0.4) is 0 Å². The van der Waals surface area contributed by atoms with Gasteiger partial charge in [0.05, 0.1) is 36.6 Å². The van der Waals surface area contributed by atoms with Crippen molar-refractivity contribution in [1.29, 1.82) is 0 Å². The van der Waals surface area contributed by atoms with Crippen molar-refractivity contribution >= 4 is 34.4 Å². The molecule has 1 atom stereocenters. The van der Waals surface area contributed by atoms with E-state index in [4.69, 9.17) is 9.26 Å². The molecule has 0 unspecified atom stereocenters. The third kappa shape index (κ3) is 5.69. The third-order valence-corrected chi connectivity index (χ3v) is 6.70. The molecule has 9 nitrogen and oxygen atoms in total. The Bertz CT molecular complexity index is 1120. The second-order valence-electron chi connectivity index (χ2n) is 7.89. The van der Waals surface area contributed by atoms with E-state index in [2.05, 4.69) is 15.5 Å². The number of ether oxygens (including phenoxy) is 1. The van der Waals surface area contributed by atoms with E-state index in [0.29, 0.717) is 11.3 Å². The van der Waals surface area contributed by atoms with Crippen LogP contribution in [0.2, 0.25) is 0 Å². The average molecular weight is 482 g/mol. The highest BCUT2D eigenvalue weighted by molar-refractivity contribution is 8.14. The standard InChI is InChI=1S/C24H27N5O4S/c1-18(17-34-24(31)19-8-4-3-5-9-19)23(30)25-22-16-29(26-33-22)28-14-12-27(13-15-28)20-10-6-7-11-21(20)32-2/h3-11,16,18H,12-15,17H2,1-2H3/t18-/m1/s1. The molecule has 1 aromatic heterocycles. The maximum Gasteiger partial charge on any atom is 0.257 e. The second-order valence-corrected chi connectivity index (χ2v) is 8.88. The van der Waals surface area contributed by atoms with Crippen molar-refractivity contribution in [2.45, 2.75) is 6.92 Å². The lowest BCUT2D eigenvalue weighted by Crippen LogP contribution is -2.65. The molecule has 4 rings (SSSR count). The fourth-order valence-electron chi connectivity index (χ4n) is 3.59. The lowest BCUT2D eigenvalue weighted by molar-refractivity contribution is -0.758. The Morgan fingerprint density at radius 2 is 1.82 bits per heavy atom. The smallest absolute Gasteiger partial charge is 0.257 e. The molecule has 1 aliphatic rings. The first kappa shape index (κ1) is 23.6. The van der Waals surface area contributed by atoms with Gasteiger partial charge in [-0.1, -0.05) is 61.2 Å². The van der Waals surface area contributed by atoms with Crippen LogP contribution in [0.5, 0.6) is 5.75 Å². The van der Waals surface area contributed by atoms with E-state index in [0.717, 1.165) is 49.4 Å². The summed E-state index contributed by atoms with van der Waals surface area (Å²) in [7, 11) is 1.67. The lowest BCUT2D eigenvalue weighted by atomic mass is 10.2. The molecule has 1 amide bonds. The number of amides is 1. The minimum Gasteiger partial charge on any atom is -0.588 e. The summed E-state index contributed by atoms with van der Waals surface area (Å²) in [5.41, 5.74) is 1.68. The zero-order valence-corrected chi connectivity index (χ0v) is 20.0. The number of rotatable bonds is 8. The Hall–Kier alpha value is -3.53. The number of para-hydroxylation sites is 2. The van der Waals surface area contributed by atoms with E-state index >= 15 is 0 Å². The molecule has 1 aliphatic heterocycles. The van der Waals surface area contributed by atoms with Crippen molar-refractivity contribution in [2.24, 2.45) is 5.92 Å². The largest absolute Gasteiger partial charge is 0.588 e. The molecule has 0 aliphatic carbocycles. The number of benzene rings is 2. The number of piperazine rings is 1. The minimum atomic E-state index is -0.430. The van der Waals surface area contributed by atoms with E-state index in [1.165, 1.54) is 0 Å². The van der Waals surface area contributed by atoms with Crippen LogP contribution in [0.1, 0.15) is 17.3 Å². The fraction of sp³-hybridized carbons (Fsp3) is 0.333. The average Bonchev–Trinajstić information content (AvgIpc) is 3.36. The van der Waals surface area contributed by atoms with Crippen LogP contribution in [0.4, 0.5) is 11.6 Å². The molecule has 2 heterocycles. The molecule has 0 N–H and O–H groups in total. The Balaban J connectivity index is 1.26. The van der Waals surface area contributed by atoms with E-state index in [1.807, 2.05) is 47.5 Å². The van der Waals surface area contributed by atoms with Crippen LogP contribution in [0, 0.1) is 5.92 Å². The fourth-order valence-corrected chi connectivity index (χ4v) is 4.44. The quantitative estimate of drug-likeness (QED) is 0.453. The highest BCUT2D eigenvalue weighted by Gasteiger charge is 2.26. The first-order valence-electron chi connectivity index (χ1n) is 11.0. The molecular formula is C24H27N5O4S. The van der Waals surface area contributed by atoms with Crippen molar-refractivity contribution in [2.75, 3.05) is 49.0 Å². The highest BCUT2D eigenvalue weighted by atomic mass is 32.2. The molecule has 0 spiro atoms. The Morgan fingerprint density at radius 3 is 2.56 bits per heavy atom. The molecular weight excluding hydrogens is 454 g/mol. The van der Waals surface area contributed by atoms with Crippen LogP contribution in [-0.4, -0.2) is 55.3 Å². The maximum absolute atomic E-state index is 12.5. The zero-order valence-electron chi connectivity index (χ0n) is 19.2. The zero-order chi connectivity index (χ0) is 23.9. The molecule has 0 bridgehead atoms. The predicted octanol–water partition coefficient (Wildman–Crippen LogP) is 3.17. The van der Waals surface area contributed by atoms with Gasteiger partial charge in [0.25, 0.3) is 6.20 Å². The first-order chi connectivity index (χ1) is 16.5. The SMILES string of the molecule is COc1ccccc1N1CCN([n+]2cc([N-]C(=O)[C@H](C)CSC(=O)c3ccccc3)on2)CC1. The number of thioether (sulfide) groups is 1. The number of hydrogen-bond acceptors (Lipinski definition) is 8. The third-order valence-electron chi connectivity index (χ3n) is 5.53. The van der Waals surface area contributed by atoms with Gasteiger partial charge >= 0.3 is 0 Å². The van der Waals surface area contributed by atoms with Crippen LogP contribution in [0.15, 0.2) is 65.3 Å². The summed E-state index contributed by atoms with van der Waals surface area (Å²) in [5.74, 6) is 0.554. The summed E-state index contributed by atoms with van der Waals surface area (Å²) in [6.07, 6.45) is 1.60. The van der Waals surface area contributed by atoms with Crippen LogP contribution in [-0.2, 0) is 4.79 Å².